The fourth-order valence-electron chi connectivity index (χ4n) is 1.58. The molecule has 1 unspecified atom stereocenters. The van der Waals surface area contributed by atoms with Gasteiger partial charge in [0.25, 0.3) is 5.91 Å². The summed E-state index contributed by atoms with van der Waals surface area (Å²) in [6.45, 7) is 9.38. The molecular formula is C16H25NO5. The number of carboxylic acids is 1. The SMILES string of the molecule is C=CC(NC(=O)[C@@H](CC(=O)C/C=C/C(C)(C)C)OC)C(=O)O. The first-order valence-corrected chi connectivity index (χ1v) is 6.98. The number of Topliss-reactive ketones (excluding diaryl/α,β-unsaturated/α-hetero) is 1. The molecule has 6 heteroatoms. The van der Waals surface area contributed by atoms with E-state index in [0.29, 0.717) is 0 Å². The fraction of sp³-hybridized carbons (Fsp3) is 0.562. The molecule has 0 aliphatic carbocycles. The Morgan fingerprint density at radius 3 is 2.32 bits per heavy atom. The van der Waals surface area contributed by atoms with Crippen LogP contribution in [0.5, 0.6) is 0 Å². The van der Waals surface area contributed by atoms with Crippen LogP contribution in [0.15, 0.2) is 24.8 Å². The summed E-state index contributed by atoms with van der Waals surface area (Å²) in [6.07, 6.45) is 3.86. The minimum Gasteiger partial charge on any atom is -0.479 e. The van der Waals surface area contributed by atoms with E-state index in [4.69, 9.17) is 9.84 Å². The van der Waals surface area contributed by atoms with Crippen LogP contribution in [0.3, 0.4) is 0 Å². The molecule has 2 atom stereocenters. The Hall–Kier alpha value is -1.95. The number of carbonyl (C=O) groups is 3. The van der Waals surface area contributed by atoms with Crippen molar-refractivity contribution in [2.45, 2.75) is 45.8 Å². The highest BCUT2D eigenvalue weighted by molar-refractivity contribution is 5.91. The van der Waals surface area contributed by atoms with E-state index < -0.39 is 24.0 Å². The largest absolute Gasteiger partial charge is 0.479 e. The maximum absolute atomic E-state index is 11.9. The Kier molecular flexibility index (Phi) is 8.34. The van der Waals surface area contributed by atoms with E-state index in [-0.39, 0.29) is 24.0 Å². The van der Waals surface area contributed by atoms with Crippen LogP contribution < -0.4 is 5.32 Å². The van der Waals surface area contributed by atoms with Gasteiger partial charge in [-0.3, -0.25) is 9.59 Å². The molecule has 0 spiro atoms. The lowest BCUT2D eigenvalue weighted by Crippen LogP contribution is -2.45. The number of nitrogens with one attached hydrogen (secondary N) is 1. The molecule has 0 aliphatic rings. The van der Waals surface area contributed by atoms with Crippen molar-refractivity contribution in [1.82, 2.24) is 5.32 Å². The molecule has 0 fully saturated rings. The Balaban J connectivity index is 4.55. The summed E-state index contributed by atoms with van der Waals surface area (Å²) in [7, 11) is 1.30. The smallest absolute Gasteiger partial charge is 0.330 e. The minimum atomic E-state index is -1.22. The van der Waals surface area contributed by atoms with Gasteiger partial charge in [-0.2, -0.15) is 0 Å². The number of ketones is 1. The number of ether oxygens (including phenoxy) is 1. The molecule has 0 saturated carbocycles. The van der Waals surface area contributed by atoms with Gasteiger partial charge in [-0.25, -0.2) is 4.79 Å². The standard InChI is InChI=1S/C16H25NO5/c1-6-12(15(20)21)17-14(19)13(22-5)10-11(18)8-7-9-16(2,3)4/h6-7,9,12-13H,1,8,10H2,2-5H3,(H,17,19)(H,20,21)/b9-7+/t12?,13-/m1/s1. The molecule has 0 saturated heterocycles. The minimum absolute atomic E-state index is 0.0169. The number of carboxylic acid groups (broad SMARTS) is 1. The first kappa shape index (κ1) is 20.1. The zero-order valence-corrected chi connectivity index (χ0v) is 13.6. The molecule has 0 aromatic heterocycles. The van der Waals surface area contributed by atoms with Gasteiger partial charge in [0.15, 0.2) is 0 Å². The molecule has 124 valence electrons. The molecule has 0 bridgehead atoms. The van der Waals surface area contributed by atoms with E-state index in [2.05, 4.69) is 11.9 Å². The van der Waals surface area contributed by atoms with Gasteiger partial charge in [0.2, 0.25) is 0 Å². The van der Waals surface area contributed by atoms with Crippen molar-refractivity contribution < 1.29 is 24.2 Å². The van der Waals surface area contributed by atoms with Crippen LogP contribution >= 0.6 is 0 Å². The van der Waals surface area contributed by atoms with Crippen molar-refractivity contribution in [3.05, 3.63) is 24.8 Å². The summed E-state index contributed by atoms with van der Waals surface area (Å²) < 4.78 is 4.97. The van der Waals surface area contributed by atoms with Crippen LogP contribution in [0.1, 0.15) is 33.6 Å². The van der Waals surface area contributed by atoms with Crippen LogP contribution in [-0.2, 0) is 19.1 Å². The Bertz CT molecular complexity index is 448. The van der Waals surface area contributed by atoms with Crippen LogP contribution in [0.4, 0.5) is 0 Å². The first-order valence-electron chi connectivity index (χ1n) is 6.98. The van der Waals surface area contributed by atoms with E-state index in [1.165, 1.54) is 7.11 Å². The van der Waals surface area contributed by atoms with Crippen molar-refractivity contribution in [3.63, 3.8) is 0 Å². The molecular weight excluding hydrogens is 286 g/mol. The maximum Gasteiger partial charge on any atom is 0.330 e. The molecule has 0 rings (SSSR count). The second-order valence-corrected chi connectivity index (χ2v) is 6.00. The zero-order chi connectivity index (χ0) is 17.3. The number of hydrogen-bond donors (Lipinski definition) is 2. The lowest BCUT2D eigenvalue weighted by Gasteiger charge is -2.17. The van der Waals surface area contributed by atoms with Gasteiger partial charge in [-0.15, -0.1) is 6.58 Å². The van der Waals surface area contributed by atoms with Gasteiger partial charge in [-0.05, 0) is 5.41 Å². The molecule has 0 aliphatic heterocycles. The topological polar surface area (TPSA) is 92.7 Å². The number of methoxy groups -OCH3 is 1. The third-order valence-corrected chi connectivity index (χ3v) is 2.75. The second-order valence-electron chi connectivity index (χ2n) is 6.00. The number of rotatable bonds is 9. The second kappa shape index (κ2) is 9.15. The van der Waals surface area contributed by atoms with Gasteiger partial charge in [0.1, 0.15) is 17.9 Å². The Morgan fingerprint density at radius 2 is 1.91 bits per heavy atom. The Morgan fingerprint density at radius 1 is 1.32 bits per heavy atom. The highest BCUT2D eigenvalue weighted by Crippen LogP contribution is 2.15. The maximum atomic E-state index is 11.9. The van der Waals surface area contributed by atoms with Crippen molar-refractivity contribution in [3.8, 4) is 0 Å². The quantitative estimate of drug-likeness (QED) is 0.632. The third-order valence-electron chi connectivity index (χ3n) is 2.75. The zero-order valence-electron chi connectivity index (χ0n) is 13.6. The summed E-state index contributed by atoms with van der Waals surface area (Å²) in [5, 5.41) is 11.1. The average Bonchev–Trinajstić information content (AvgIpc) is 2.39. The summed E-state index contributed by atoms with van der Waals surface area (Å²) in [5.74, 6) is -2.03. The summed E-state index contributed by atoms with van der Waals surface area (Å²) in [4.78, 5) is 34.6. The summed E-state index contributed by atoms with van der Waals surface area (Å²) >= 11 is 0. The summed E-state index contributed by atoms with van der Waals surface area (Å²) in [5.41, 5.74) is -0.0169. The van der Waals surface area contributed by atoms with Crippen LogP contribution in [0.2, 0.25) is 0 Å². The number of amides is 1. The Labute approximate surface area is 131 Å². The van der Waals surface area contributed by atoms with E-state index in [1.54, 1.807) is 6.08 Å². The molecule has 0 heterocycles. The highest BCUT2D eigenvalue weighted by atomic mass is 16.5. The monoisotopic (exact) mass is 311 g/mol. The molecule has 6 nitrogen and oxygen atoms in total. The van der Waals surface area contributed by atoms with Gasteiger partial charge < -0.3 is 15.2 Å². The van der Waals surface area contributed by atoms with Crippen LogP contribution in [0.25, 0.3) is 0 Å². The van der Waals surface area contributed by atoms with E-state index >= 15 is 0 Å². The van der Waals surface area contributed by atoms with E-state index in [1.807, 2.05) is 26.8 Å². The van der Waals surface area contributed by atoms with Crippen molar-refractivity contribution >= 4 is 17.7 Å². The van der Waals surface area contributed by atoms with Gasteiger partial charge in [0.05, 0.1) is 0 Å². The highest BCUT2D eigenvalue weighted by Gasteiger charge is 2.25. The molecule has 0 aromatic carbocycles. The molecule has 2 N–H and O–H groups in total. The van der Waals surface area contributed by atoms with Crippen LogP contribution in [-0.4, -0.2) is 42.0 Å². The number of aliphatic carboxylic acids is 1. The predicted molar refractivity (Wildman–Crippen MR) is 83.4 cm³/mol. The predicted octanol–water partition coefficient (Wildman–Crippen LogP) is 1.71. The fourth-order valence-corrected chi connectivity index (χ4v) is 1.58. The van der Waals surface area contributed by atoms with Gasteiger partial charge in [-0.1, -0.05) is 39.0 Å². The normalized spacial score (nSPS) is 14.4. The average molecular weight is 311 g/mol. The first-order chi connectivity index (χ1) is 10.1. The van der Waals surface area contributed by atoms with Crippen molar-refractivity contribution in [1.29, 1.82) is 0 Å². The molecule has 22 heavy (non-hydrogen) atoms. The lowest BCUT2D eigenvalue weighted by atomic mass is 9.95. The lowest BCUT2D eigenvalue weighted by molar-refractivity contribution is -0.143. The molecule has 1 amide bonds. The van der Waals surface area contributed by atoms with Gasteiger partial charge >= 0.3 is 5.97 Å². The molecule has 0 radical (unpaired) electrons. The number of carbonyl (C=O) groups excluding carboxylic acids is 2. The van der Waals surface area contributed by atoms with Crippen molar-refractivity contribution in [2.75, 3.05) is 7.11 Å². The van der Waals surface area contributed by atoms with Crippen molar-refractivity contribution in [2.24, 2.45) is 5.41 Å². The molecule has 0 aromatic rings. The van der Waals surface area contributed by atoms with Gasteiger partial charge in [0, 0.05) is 20.0 Å². The number of hydrogen-bond acceptors (Lipinski definition) is 4. The summed E-state index contributed by atoms with van der Waals surface area (Å²) in [6, 6.07) is -1.21. The third kappa shape index (κ3) is 8.36. The van der Waals surface area contributed by atoms with E-state index in [0.717, 1.165) is 6.08 Å². The van der Waals surface area contributed by atoms with Crippen LogP contribution in [0, 0.1) is 5.41 Å². The van der Waals surface area contributed by atoms with E-state index in [9.17, 15) is 14.4 Å². The number of allylic oxidation sites excluding steroid dienone is 2.